The second-order valence-electron chi connectivity index (χ2n) is 7.66. The molecule has 0 saturated carbocycles. The SMILES string of the molecule is CN1CCc2nc(C(=O)NC(CNC(=S)C(=O)Nc3ccc(F)cn3)C(=O)N(C)C)sc2C1. The van der Waals surface area contributed by atoms with Gasteiger partial charge in [0.15, 0.2) is 10.00 Å². The van der Waals surface area contributed by atoms with E-state index in [0.29, 0.717) is 0 Å². The van der Waals surface area contributed by atoms with Gasteiger partial charge < -0.3 is 25.8 Å². The van der Waals surface area contributed by atoms with Gasteiger partial charge >= 0.3 is 0 Å². The lowest BCUT2D eigenvalue weighted by Crippen LogP contribution is -2.53. The molecule has 13 heteroatoms. The van der Waals surface area contributed by atoms with Crippen molar-refractivity contribution in [3.63, 3.8) is 0 Å². The summed E-state index contributed by atoms with van der Waals surface area (Å²) in [6.07, 6.45) is 1.73. The number of carbonyl (C=O) groups excluding carboxylic acids is 3. The molecule has 0 radical (unpaired) electrons. The average Bonchev–Trinajstić information content (AvgIpc) is 3.20. The second-order valence-corrected chi connectivity index (χ2v) is 9.15. The number of anilines is 1. The van der Waals surface area contributed by atoms with Gasteiger partial charge in [-0.2, -0.15) is 0 Å². The van der Waals surface area contributed by atoms with Gasteiger partial charge in [0, 0.05) is 45.0 Å². The number of thiazole rings is 1. The molecule has 1 unspecified atom stereocenters. The summed E-state index contributed by atoms with van der Waals surface area (Å²) < 4.78 is 13.0. The molecule has 2 aromatic heterocycles. The molecule has 0 bridgehead atoms. The van der Waals surface area contributed by atoms with E-state index in [0.717, 1.165) is 42.3 Å². The normalized spacial score (nSPS) is 14.1. The molecule has 176 valence electrons. The van der Waals surface area contributed by atoms with Gasteiger partial charge in [0.05, 0.1) is 11.9 Å². The summed E-state index contributed by atoms with van der Waals surface area (Å²) in [5.74, 6) is -1.94. The summed E-state index contributed by atoms with van der Waals surface area (Å²) in [6.45, 7) is 1.49. The molecule has 1 aliphatic heterocycles. The zero-order valence-corrected chi connectivity index (χ0v) is 20.0. The van der Waals surface area contributed by atoms with Crippen LogP contribution in [0.1, 0.15) is 20.4 Å². The molecule has 1 atom stereocenters. The fraction of sp³-hybridized carbons (Fsp3) is 0.400. The molecule has 1 aliphatic rings. The van der Waals surface area contributed by atoms with E-state index in [9.17, 15) is 18.8 Å². The number of thiocarbonyl (C=S) groups is 1. The molecule has 2 aromatic rings. The first-order valence-corrected chi connectivity index (χ1v) is 11.3. The number of fused-ring (bicyclic) bond motifs is 1. The van der Waals surface area contributed by atoms with Crippen LogP contribution >= 0.6 is 23.6 Å². The van der Waals surface area contributed by atoms with Crippen LogP contribution in [0, 0.1) is 5.82 Å². The molecular weight excluding hydrogens is 469 g/mol. The number of carbonyl (C=O) groups is 3. The zero-order valence-electron chi connectivity index (χ0n) is 18.3. The van der Waals surface area contributed by atoms with Crippen LogP contribution in [0.15, 0.2) is 18.3 Å². The molecule has 3 rings (SSSR count). The van der Waals surface area contributed by atoms with Crippen LogP contribution in [-0.2, 0) is 22.6 Å². The van der Waals surface area contributed by atoms with Crippen molar-refractivity contribution in [3.05, 3.63) is 39.7 Å². The molecule has 0 aliphatic carbocycles. The maximum atomic E-state index is 13.0. The average molecular weight is 494 g/mol. The van der Waals surface area contributed by atoms with Crippen molar-refractivity contribution in [2.45, 2.75) is 19.0 Å². The highest BCUT2D eigenvalue weighted by atomic mass is 32.1. The largest absolute Gasteiger partial charge is 0.369 e. The van der Waals surface area contributed by atoms with Crippen LogP contribution in [0.5, 0.6) is 0 Å². The number of likely N-dealkylation sites (N-methyl/N-ethyl adjacent to an activating group) is 2. The highest BCUT2D eigenvalue weighted by Crippen LogP contribution is 2.24. The predicted molar refractivity (Wildman–Crippen MR) is 126 cm³/mol. The smallest absolute Gasteiger partial charge is 0.284 e. The van der Waals surface area contributed by atoms with Gasteiger partial charge in [-0.1, -0.05) is 12.2 Å². The molecule has 3 N–H and O–H groups in total. The third kappa shape index (κ3) is 6.49. The van der Waals surface area contributed by atoms with E-state index >= 15 is 0 Å². The van der Waals surface area contributed by atoms with Crippen LogP contribution in [0.3, 0.4) is 0 Å². The number of nitrogens with one attached hydrogen (secondary N) is 3. The lowest BCUT2D eigenvalue weighted by Gasteiger charge is -2.22. The topological polar surface area (TPSA) is 120 Å². The Morgan fingerprint density at radius 1 is 1.33 bits per heavy atom. The van der Waals surface area contributed by atoms with E-state index in [4.69, 9.17) is 12.2 Å². The molecule has 0 fully saturated rings. The Labute approximate surface area is 199 Å². The quantitative estimate of drug-likeness (QED) is 0.495. The minimum absolute atomic E-state index is 0.111. The molecule has 0 spiro atoms. The fourth-order valence-corrected chi connectivity index (χ4v) is 4.28. The number of halogens is 1. The van der Waals surface area contributed by atoms with Crippen LogP contribution in [0.25, 0.3) is 0 Å². The Balaban J connectivity index is 1.62. The molecule has 0 saturated heterocycles. The number of nitrogens with zero attached hydrogens (tertiary/aromatic N) is 4. The standard InChI is InChI=1S/C20H24FN7O3S2/c1-27(2)20(31)13(9-23-18(32)16(29)26-15-5-4-11(21)8-22-15)24-17(30)19-25-12-6-7-28(3)10-14(12)33-19/h4-5,8,13H,6-7,9-10H2,1-3H3,(H,23,32)(H,24,30)(H,22,26,29). The van der Waals surface area contributed by atoms with E-state index in [1.165, 1.54) is 22.3 Å². The number of pyridine rings is 1. The molecule has 0 aromatic carbocycles. The van der Waals surface area contributed by atoms with Gasteiger partial charge in [0.1, 0.15) is 17.7 Å². The second kappa shape index (κ2) is 10.7. The van der Waals surface area contributed by atoms with Crippen LogP contribution in [0.2, 0.25) is 0 Å². The fourth-order valence-electron chi connectivity index (χ4n) is 3.05. The van der Waals surface area contributed by atoms with Gasteiger partial charge in [-0.25, -0.2) is 14.4 Å². The minimum Gasteiger partial charge on any atom is -0.369 e. The van der Waals surface area contributed by atoms with E-state index < -0.39 is 23.7 Å². The van der Waals surface area contributed by atoms with Crippen LogP contribution in [0.4, 0.5) is 10.2 Å². The Hall–Kier alpha value is -3.03. The van der Waals surface area contributed by atoms with Crippen molar-refractivity contribution in [1.82, 2.24) is 30.4 Å². The Morgan fingerprint density at radius 2 is 2.09 bits per heavy atom. The molecule has 10 nitrogen and oxygen atoms in total. The number of amides is 3. The number of hydrogen-bond acceptors (Lipinski definition) is 8. The van der Waals surface area contributed by atoms with Crippen molar-refractivity contribution in [2.24, 2.45) is 0 Å². The highest BCUT2D eigenvalue weighted by molar-refractivity contribution is 7.82. The maximum Gasteiger partial charge on any atom is 0.284 e. The van der Waals surface area contributed by atoms with E-state index in [1.54, 1.807) is 14.1 Å². The van der Waals surface area contributed by atoms with Gasteiger partial charge in [-0.05, 0) is 19.2 Å². The first-order valence-electron chi connectivity index (χ1n) is 10.0. The summed E-state index contributed by atoms with van der Waals surface area (Å²) in [5.41, 5.74) is 0.907. The van der Waals surface area contributed by atoms with Crippen molar-refractivity contribution < 1.29 is 18.8 Å². The molecule has 3 heterocycles. The van der Waals surface area contributed by atoms with E-state index in [1.807, 2.05) is 7.05 Å². The van der Waals surface area contributed by atoms with Gasteiger partial charge in [0.25, 0.3) is 11.8 Å². The van der Waals surface area contributed by atoms with Gasteiger partial charge in [-0.3, -0.25) is 14.4 Å². The third-order valence-electron chi connectivity index (χ3n) is 4.80. The Morgan fingerprint density at radius 3 is 2.76 bits per heavy atom. The molecular formula is C20H24FN7O3S2. The minimum atomic E-state index is -0.981. The van der Waals surface area contributed by atoms with Crippen molar-refractivity contribution in [3.8, 4) is 0 Å². The maximum absolute atomic E-state index is 13.0. The lowest BCUT2D eigenvalue weighted by atomic mass is 10.2. The van der Waals surface area contributed by atoms with E-state index in [2.05, 4.69) is 30.8 Å². The van der Waals surface area contributed by atoms with Crippen LogP contribution in [-0.4, -0.2) is 82.8 Å². The van der Waals surface area contributed by atoms with Crippen molar-refractivity contribution >= 4 is 52.1 Å². The molecule has 3 amide bonds. The Kier molecular flexibility index (Phi) is 8.00. The van der Waals surface area contributed by atoms with Crippen LogP contribution < -0.4 is 16.0 Å². The predicted octanol–water partition coefficient (Wildman–Crippen LogP) is 0.407. The summed E-state index contributed by atoms with van der Waals surface area (Å²) >= 11 is 6.38. The lowest BCUT2D eigenvalue weighted by molar-refractivity contribution is -0.130. The van der Waals surface area contributed by atoms with E-state index in [-0.39, 0.29) is 28.3 Å². The Bertz CT molecular complexity index is 1060. The highest BCUT2D eigenvalue weighted by Gasteiger charge is 2.27. The number of rotatable bonds is 6. The summed E-state index contributed by atoms with van der Waals surface area (Å²) in [5, 5.41) is 8.09. The van der Waals surface area contributed by atoms with Gasteiger partial charge in [-0.15, -0.1) is 11.3 Å². The number of hydrogen-bond donors (Lipinski definition) is 3. The van der Waals surface area contributed by atoms with Gasteiger partial charge in [0.2, 0.25) is 5.91 Å². The summed E-state index contributed by atoms with van der Waals surface area (Å²) in [4.78, 5) is 50.1. The zero-order chi connectivity index (χ0) is 24.1. The first-order chi connectivity index (χ1) is 15.6. The first kappa shape index (κ1) is 24.6. The monoisotopic (exact) mass is 493 g/mol. The third-order valence-corrected chi connectivity index (χ3v) is 6.21. The van der Waals surface area contributed by atoms with Crippen molar-refractivity contribution in [1.29, 1.82) is 0 Å². The van der Waals surface area contributed by atoms with Crippen molar-refractivity contribution in [2.75, 3.05) is 39.5 Å². The summed E-state index contributed by atoms with van der Waals surface area (Å²) in [6, 6.07) is 1.46. The molecule has 33 heavy (non-hydrogen) atoms. The summed E-state index contributed by atoms with van der Waals surface area (Å²) in [7, 11) is 5.13. The number of aromatic nitrogens is 2.